The van der Waals surface area contributed by atoms with Crippen LogP contribution in [0.25, 0.3) is 6.08 Å². The summed E-state index contributed by atoms with van der Waals surface area (Å²) in [7, 11) is 0. The number of carboxylic acids is 1. The second-order valence-corrected chi connectivity index (χ2v) is 1.45. The summed E-state index contributed by atoms with van der Waals surface area (Å²) in [6.45, 7) is 0. The highest BCUT2D eigenvalue weighted by molar-refractivity contribution is 5.84. The second kappa shape index (κ2) is 2.77. The van der Waals surface area contributed by atoms with Gasteiger partial charge in [0.1, 0.15) is 0 Å². The molecule has 0 aliphatic heterocycles. The molecule has 0 spiro atoms. The van der Waals surface area contributed by atoms with E-state index >= 15 is 0 Å². The molecule has 0 radical (unpaired) electrons. The third kappa shape index (κ3) is 1.70. The quantitative estimate of drug-likeness (QED) is 0.592. The highest BCUT2D eigenvalue weighted by Gasteiger charge is 1.91. The maximum Gasteiger partial charge on any atom is 0.328 e. The predicted molar refractivity (Wildman–Crippen MR) is 31.0 cm³/mol. The molecule has 5 heteroatoms. The molecule has 0 fully saturated rings. The Hall–Kier alpha value is -1.65. The number of aromatic nitrogens is 2. The normalized spacial score (nSPS) is 10.4. The summed E-state index contributed by atoms with van der Waals surface area (Å²) in [6, 6.07) is 0. The lowest BCUT2D eigenvalue weighted by Crippen LogP contribution is -1.85. The molecule has 0 aliphatic carbocycles. The summed E-state index contributed by atoms with van der Waals surface area (Å²) in [5.74, 6) is -0.861. The van der Waals surface area contributed by atoms with Crippen molar-refractivity contribution in [1.29, 1.82) is 0 Å². The number of aliphatic carboxylic acids is 1. The molecule has 5 nitrogen and oxygen atoms in total. The van der Waals surface area contributed by atoms with E-state index in [-0.39, 0.29) is 5.89 Å². The molecule has 1 aromatic heterocycles. The molecular weight excluding hydrogens is 136 g/mol. The van der Waals surface area contributed by atoms with Crippen molar-refractivity contribution in [2.24, 2.45) is 0 Å². The van der Waals surface area contributed by atoms with Crippen molar-refractivity contribution in [3.63, 3.8) is 0 Å². The fourth-order valence-corrected chi connectivity index (χ4v) is 0.397. The number of carboxylic acid groups (broad SMARTS) is 1. The maximum absolute atomic E-state index is 9.92. The van der Waals surface area contributed by atoms with Crippen molar-refractivity contribution in [3.05, 3.63) is 18.4 Å². The summed E-state index contributed by atoms with van der Waals surface area (Å²) < 4.78 is 4.61. The third-order valence-corrected chi connectivity index (χ3v) is 0.745. The highest BCUT2D eigenvalue weighted by Crippen LogP contribution is 1.93. The first-order valence-corrected chi connectivity index (χ1v) is 2.46. The van der Waals surface area contributed by atoms with Gasteiger partial charge in [-0.25, -0.2) is 4.79 Å². The molecule has 0 amide bonds. The van der Waals surface area contributed by atoms with E-state index in [9.17, 15) is 4.79 Å². The van der Waals surface area contributed by atoms with E-state index in [1.165, 1.54) is 6.08 Å². The van der Waals surface area contributed by atoms with E-state index < -0.39 is 5.97 Å². The van der Waals surface area contributed by atoms with Gasteiger partial charge in [0.25, 0.3) is 0 Å². The van der Waals surface area contributed by atoms with Gasteiger partial charge in [-0.3, -0.25) is 0 Å². The van der Waals surface area contributed by atoms with Crippen LogP contribution in [0, 0.1) is 0 Å². The van der Waals surface area contributed by atoms with Crippen molar-refractivity contribution >= 4 is 12.0 Å². The van der Waals surface area contributed by atoms with E-state index in [2.05, 4.69) is 14.6 Å². The fourth-order valence-electron chi connectivity index (χ4n) is 0.397. The van der Waals surface area contributed by atoms with Crippen LogP contribution in [0.1, 0.15) is 5.89 Å². The van der Waals surface area contributed by atoms with Crippen molar-refractivity contribution in [1.82, 2.24) is 10.2 Å². The second-order valence-electron chi connectivity index (χ2n) is 1.45. The van der Waals surface area contributed by atoms with E-state index in [1.54, 1.807) is 0 Å². The molecule has 0 unspecified atom stereocenters. The van der Waals surface area contributed by atoms with Gasteiger partial charge in [0, 0.05) is 12.2 Å². The minimum absolute atomic E-state index is 0.183. The highest BCUT2D eigenvalue weighted by atomic mass is 16.4. The lowest BCUT2D eigenvalue weighted by atomic mass is 10.5. The van der Waals surface area contributed by atoms with Crippen molar-refractivity contribution in [2.75, 3.05) is 0 Å². The molecule has 1 heterocycles. The molecule has 0 aliphatic rings. The number of carbonyl (C=O) groups is 1. The molecule has 1 N–H and O–H groups in total. The average molecular weight is 140 g/mol. The summed E-state index contributed by atoms with van der Waals surface area (Å²) in [6.07, 6.45) is 3.27. The minimum atomic E-state index is -1.04. The van der Waals surface area contributed by atoms with Gasteiger partial charge in [-0.1, -0.05) is 0 Å². The van der Waals surface area contributed by atoms with Gasteiger partial charge in [0.15, 0.2) is 0 Å². The van der Waals surface area contributed by atoms with Crippen LogP contribution in [0.5, 0.6) is 0 Å². The van der Waals surface area contributed by atoms with Crippen LogP contribution >= 0.6 is 0 Å². The Morgan fingerprint density at radius 2 is 2.60 bits per heavy atom. The number of hydrogen-bond acceptors (Lipinski definition) is 4. The van der Waals surface area contributed by atoms with Gasteiger partial charge in [0.2, 0.25) is 12.3 Å². The van der Waals surface area contributed by atoms with Crippen LogP contribution in [0.3, 0.4) is 0 Å². The van der Waals surface area contributed by atoms with Gasteiger partial charge in [-0.2, -0.15) is 0 Å². The van der Waals surface area contributed by atoms with Crippen LogP contribution < -0.4 is 0 Å². The molecule has 10 heavy (non-hydrogen) atoms. The number of rotatable bonds is 2. The summed E-state index contributed by atoms with van der Waals surface area (Å²) in [5.41, 5.74) is 0. The molecule has 0 saturated heterocycles. The zero-order valence-corrected chi connectivity index (χ0v) is 4.89. The Morgan fingerprint density at radius 1 is 1.80 bits per heavy atom. The van der Waals surface area contributed by atoms with E-state index in [4.69, 9.17) is 5.11 Å². The van der Waals surface area contributed by atoms with E-state index in [0.717, 1.165) is 12.5 Å². The maximum atomic E-state index is 9.92. The Bertz CT molecular complexity index is 239. The smallest absolute Gasteiger partial charge is 0.328 e. The molecule has 0 aromatic carbocycles. The Balaban J connectivity index is 2.64. The molecule has 0 saturated carbocycles. The standard InChI is InChI=1S/C5H4N2O3/c8-5(9)2-1-4-7-6-3-10-4/h1-3H,(H,8,9). The molecule has 52 valence electrons. The Kier molecular flexibility index (Phi) is 1.79. The van der Waals surface area contributed by atoms with Crippen LogP contribution in [-0.4, -0.2) is 21.3 Å². The lowest BCUT2D eigenvalue weighted by Gasteiger charge is -1.76. The summed E-state index contributed by atoms with van der Waals surface area (Å²) >= 11 is 0. The number of hydrogen-bond donors (Lipinski definition) is 1. The zero-order valence-electron chi connectivity index (χ0n) is 4.89. The van der Waals surface area contributed by atoms with Gasteiger partial charge < -0.3 is 9.52 Å². The van der Waals surface area contributed by atoms with Crippen molar-refractivity contribution in [2.45, 2.75) is 0 Å². The van der Waals surface area contributed by atoms with E-state index in [0.29, 0.717) is 0 Å². The lowest BCUT2D eigenvalue weighted by molar-refractivity contribution is -0.131. The van der Waals surface area contributed by atoms with Crippen LogP contribution in [0.15, 0.2) is 16.9 Å². The molecule has 0 bridgehead atoms. The largest absolute Gasteiger partial charge is 0.478 e. The molecule has 1 aromatic rings. The molecule has 0 atom stereocenters. The Labute approximate surface area is 56.0 Å². The van der Waals surface area contributed by atoms with Crippen LogP contribution in [0.4, 0.5) is 0 Å². The van der Waals surface area contributed by atoms with E-state index in [1.807, 2.05) is 0 Å². The first-order valence-electron chi connectivity index (χ1n) is 2.46. The fraction of sp³-hybridized carbons (Fsp3) is 0. The van der Waals surface area contributed by atoms with Gasteiger partial charge >= 0.3 is 5.97 Å². The molecular formula is C5H4N2O3. The summed E-state index contributed by atoms with van der Waals surface area (Å²) in [4.78, 5) is 9.92. The van der Waals surface area contributed by atoms with Gasteiger partial charge in [-0.05, 0) is 0 Å². The Morgan fingerprint density at radius 3 is 3.10 bits per heavy atom. The van der Waals surface area contributed by atoms with Crippen LogP contribution in [-0.2, 0) is 4.79 Å². The van der Waals surface area contributed by atoms with Crippen molar-refractivity contribution in [3.8, 4) is 0 Å². The van der Waals surface area contributed by atoms with Crippen LogP contribution in [0.2, 0.25) is 0 Å². The molecule has 1 rings (SSSR count). The summed E-state index contributed by atoms with van der Waals surface area (Å²) in [5, 5.41) is 14.9. The van der Waals surface area contributed by atoms with Gasteiger partial charge in [0.05, 0.1) is 0 Å². The minimum Gasteiger partial charge on any atom is -0.478 e. The zero-order chi connectivity index (χ0) is 7.40. The first kappa shape index (κ1) is 6.47. The van der Waals surface area contributed by atoms with Crippen molar-refractivity contribution < 1.29 is 14.3 Å². The third-order valence-electron chi connectivity index (χ3n) is 0.745. The topological polar surface area (TPSA) is 76.2 Å². The number of nitrogens with zero attached hydrogens (tertiary/aromatic N) is 2. The first-order chi connectivity index (χ1) is 4.79. The predicted octanol–water partition coefficient (Wildman–Crippen LogP) is 0.167. The SMILES string of the molecule is O=C(O)C=Cc1nnco1. The average Bonchev–Trinajstić information content (AvgIpc) is 2.34. The monoisotopic (exact) mass is 140 g/mol. The van der Waals surface area contributed by atoms with Gasteiger partial charge in [-0.15, -0.1) is 10.2 Å².